The lowest BCUT2D eigenvalue weighted by atomic mass is 10.0. The topological polar surface area (TPSA) is 156 Å². The van der Waals surface area contributed by atoms with Crippen molar-refractivity contribution in [2.75, 3.05) is 23.4 Å². The molecule has 0 spiro atoms. The van der Waals surface area contributed by atoms with Gasteiger partial charge in [0.25, 0.3) is 10.0 Å². The summed E-state index contributed by atoms with van der Waals surface area (Å²) in [5, 5.41) is 13.9. The lowest BCUT2D eigenvalue weighted by Gasteiger charge is -2.21. The zero-order chi connectivity index (χ0) is 27.2. The molecule has 196 valence electrons. The van der Waals surface area contributed by atoms with E-state index in [0.29, 0.717) is 16.8 Å². The molecule has 1 aliphatic rings. The SMILES string of the molecule is COc1ccc(Cc2c(=O)c(C3=NS(=O)(=O)c4cc(NS(C)(=O)=O)ccc4N3)c(O)n3ccccc23)cc1. The summed E-state index contributed by atoms with van der Waals surface area (Å²) in [7, 11) is -6.46. The fourth-order valence-corrected chi connectivity index (χ4v) is 5.94. The summed E-state index contributed by atoms with van der Waals surface area (Å²) in [5.41, 5.74) is 0.769. The Morgan fingerprint density at radius 3 is 2.53 bits per heavy atom. The number of rotatable bonds is 6. The molecule has 0 saturated carbocycles. The molecule has 13 heteroatoms. The standard InChI is InChI=1S/C25H22N4O7S2/c1-36-17-9-6-15(7-10-17)13-18-20-5-3-4-12-29(20)25(31)22(23(18)30)24-26-19-11-8-16(27-37(2,32)33)14-21(19)38(34,35)28-24/h3-12,14,27,31H,13H2,1-2H3,(H,26,28). The van der Waals surface area contributed by atoms with Crippen LogP contribution in [-0.4, -0.2) is 45.5 Å². The predicted octanol–water partition coefficient (Wildman–Crippen LogP) is 2.54. The summed E-state index contributed by atoms with van der Waals surface area (Å²) in [4.78, 5) is 13.5. The van der Waals surface area contributed by atoms with Crippen LogP contribution >= 0.6 is 0 Å². The molecule has 2 aromatic heterocycles. The van der Waals surface area contributed by atoms with Gasteiger partial charge in [-0.25, -0.2) is 8.42 Å². The highest BCUT2D eigenvalue weighted by molar-refractivity contribution is 7.92. The molecule has 0 saturated heterocycles. The number of amidine groups is 1. The molecule has 0 fully saturated rings. The van der Waals surface area contributed by atoms with E-state index in [4.69, 9.17) is 4.74 Å². The highest BCUT2D eigenvalue weighted by Crippen LogP contribution is 2.33. The molecule has 1 aliphatic heterocycles. The predicted molar refractivity (Wildman–Crippen MR) is 143 cm³/mol. The van der Waals surface area contributed by atoms with Gasteiger partial charge in [-0.1, -0.05) is 18.2 Å². The van der Waals surface area contributed by atoms with Gasteiger partial charge in [0.05, 0.1) is 24.6 Å². The van der Waals surface area contributed by atoms with Crippen molar-refractivity contribution in [3.05, 3.63) is 93.8 Å². The van der Waals surface area contributed by atoms with E-state index in [0.717, 1.165) is 17.9 Å². The molecule has 0 aliphatic carbocycles. The maximum absolute atomic E-state index is 13.8. The summed E-state index contributed by atoms with van der Waals surface area (Å²) in [6.45, 7) is 0. The first-order valence-electron chi connectivity index (χ1n) is 11.2. The van der Waals surface area contributed by atoms with Gasteiger partial charge in [0.2, 0.25) is 21.3 Å². The number of hydrogen-bond donors (Lipinski definition) is 3. The smallest absolute Gasteiger partial charge is 0.286 e. The maximum Gasteiger partial charge on any atom is 0.286 e. The van der Waals surface area contributed by atoms with E-state index in [1.807, 2.05) is 12.1 Å². The van der Waals surface area contributed by atoms with Gasteiger partial charge in [-0.2, -0.15) is 8.42 Å². The van der Waals surface area contributed by atoms with Gasteiger partial charge in [-0.3, -0.25) is 13.9 Å². The number of ether oxygens (including phenoxy) is 1. The summed E-state index contributed by atoms with van der Waals surface area (Å²) >= 11 is 0. The molecule has 3 N–H and O–H groups in total. The lowest BCUT2D eigenvalue weighted by molar-refractivity contribution is 0.414. The molecule has 11 nitrogen and oxygen atoms in total. The zero-order valence-electron chi connectivity index (χ0n) is 20.2. The average molecular weight is 555 g/mol. The Bertz CT molecular complexity index is 1900. The Morgan fingerprint density at radius 2 is 1.84 bits per heavy atom. The fraction of sp³-hybridized carbons (Fsp3) is 0.120. The Balaban J connectivity index is 1.66. The van der Waals surface area contributed by atoms with Crippen molar-refractivity contribution in [1.82, 2.24) is 4.40 Å². The number of aromatic nitrogens is 1. The number of nitrogens with one attached hydrogen (secondary N) is 2. The number of sulfonamides is 2. The highest BCUT2D eigenvalue weighted by atomic mass is 32.2. The van der Waals surface area contributed by atoms with Crippen molar-refractivity contribution in [3.63, 3.8) is 0 Å². The molecular formula is C25H22N4O7S2. The third kappa shape index (κ3) is 4.68. The number of aromatic hydroxyl groups is 1. The minimum atomic E-state index is -4.37. The fourth-order valence-electron chi connectivity index (χ4n) is 4.24. The normalized spacial score (nSPS) is 14.3. The number of methoxy groups -OCH3 is 1. The number of fused-ring (bicyclic) bond motifs is 2. The number of benzene rings is 2. The third-order valence-corrected chi connectivity index (χ3v) is 7.85. The molecular weight excluding hydrogens is 532 g/mol. The molecule has 0 unspecified atom stereocenters. The Morgan fingerprint density at radius 1 is 1.11 bits per heavy atom. The Kier molecular flexibility index (Phi) is 6.12. The molecule has 0 bridgehead atoms. The van der Waals surface area contributed by atoms with Gasteiger partial charge >= 0.3 is 0 Å². The first-order chi connectivity index (χ1) is 18.0. The van der Waals surface area contributed by atoms with Gasteiger partial charge in [-0.15, -0.1) is 4.40 Å². The maximum atomic E-state index is 13.8. The number of anilines is 2. The molecule has 5 rings (SSSR count). The van der Waals surface area contributed by atoms with Crippen molar-refractivity contribution in [1.29, 1.82) is 0 Å². The first kappa shape index (κ1) is 25.3. The summed E-state index contributed by atoms with van der Waals surface area (Å²) in [6, 6.07) is 16.1. The largest absolute Gasteiger partial charge is 0.497 e. The quantitative estimate of drug-likeness (QED) is 0.328. The number of pyridine rings is 2. The van der Waals surface area contributed by atoms with E-state index in [9.17, 15) is 26.7 Å². The molecule has 4 aromatic rings. The molecule has 38 heavy (non-hydrogen) atoms. The Labute approximate surface area is 218 Å². The lowest BCUT2D eigenvalue weighted by Crippen LogP contribution is -2.30. The average Bonchev–Trinajstić information content (AvgIpc) is 2.86. The van der Waals surface area contributed by atoms with Gasteiger partial charge in [-0.05, 0) is 48.0 Å². The number of hydrogen-bond acceptors (Lipinski definition) is 8. The van der Waals surface area contributed by atoms with Crippen molar-refractivity contribution in [2.45, 2.75) is 11.3 Å². The summed E-state index contributed by atoms with van der Waals surface area (Å²) in [5.74, 6) is -0.177. The summed E-state index contributed by atoms with van der Waals surface area (Å²) < 4.78 is 61.9. The van der Waals surface area contributed by atoms with E-state index >= 15 is 0 Å². The van der Waals surface area contributed by atoms with Crippen molar-refractivity contribution < 1.29 is 26.7 Å². The van der Waals surface area contributed by atoms with Crippen LogP contribution in [0, 0.1) is 0 Å². The van der Waals surface area contributed by atoms with Crippen LogP contribution < -0.4 is 20.2 Å². The van der Waals surface area contributed by atoms with Crippen LogP contribution in [0.25, 0.3) is 5.52 Å². The second-order valence-electron chi connectivity index (χ2n) is 8.61. The van der Waals surface area contributed by atoms with Crippen LogP contribution in [0.5, 0.6) is 11.6 Å². The van der Waals surface area contributed by atoms with Crippen LogP contribution in [0.3, 0.4) is 0 Å². The minimum absolute atomic E-state index is 0.0330. The highest BCUT2D eigenvalue weighted by Gasteiger charge is 2.30. The second kappa shape index (κ2) is 9.19. The van der Waals surface area contributed by atoms with Crippen LogP contribution in [0.1, 0.15) is 16.7 Å². The van der Waals surface area contributed by atoms with Crippen LogP contribution in [0.15, 0.2) is 80.9 Å². The van der Waals surface area contributed by atoms with Gasteiger partial charge in [0.1, 0.15) is 16.2 Å². The molecule has 0 amide bonds. The third-order valence-electron chi connectivity index (χ3n) is 5.93. The minimum Gasteiger partial charge on any atom is -0.497 e. The van der Waals surface area contributed by atoms with E-state index in [1.165, 1.54) is 16.5 Å². The molecule has 0 atom stereocenters. The van der Waals surface area contributed by atoms with E-state index in [-0.39, 0.29) is 34.1 Å². The second-order valence-corrected chi connectivity index (χ2v) is 11.9. The van der Waals surface area contributed by atoms with Gasteiger partial charge in [0.15, 0.2) is 5.84 Å². The van der Waals surface area contributed by atoms with Gasteiger partial charge in [0, 0.05) is 23.9 Å². The first-order valence-corrected chi connectivity index (χ1v) is 14.5. The van der Waals surface area contributed by atoms with Crippen LogP contribution in [-0.2, 0) is 26.5 Å². The van der Waals surface area contributed by atoms with Crippen molar-refractivity contribution in [2.24, 2.45) is 4.40 Å². The Hall–Kier alpha value is -4.36. The van der Waals surface area contributed by atoms with E-state index in [2.05, 4.69) is 14.4 Å². The monoisotopic (exact) mass is 554 g/mol. The van der Waals surface area contributed by atoms with Gasteiger partial charge < -0.3 is 15.2 Å². The van der Waals surface area contributed by atoms with Crippen molar-refractivity contribution in [3.8, 4) is 11.6 Å². The number of nitrogens with zero attached hydrogens (tertiary/aromatic N) is 2. The molecule has 3 heterocycles. The van der Waals surface area contributed by atoms with Crippen molar-refractivity contribution >= 4 is 42.8 Å². The summed E-state index contributed by atoms with van der Waals surface area (Å²) in [6.07, 6.45) is 2.69. The van der Waals surface area contributed by atoms with Crippen LogP contribution in [0.4, 0.5) is 11.4 Å². The van der Waals surface area contributed by atoms with E-state index < -0.39 is 31.4 Å². The van der Waals surface area contributed by atoms with E-state index in [1.54, 1.807) is 43.6 Å². The molecule has 2 aromatic carbocycles. The zero-order valence-corrected chi connectivity index (χ0v) is 21.8. The molecule has 0 radical (unpaired) electrons. The van der Waals surface area contributed by atoms with Crippen LogP contribution in [0.2, 0.25) is 0 Å².